The first kappa shape index (κ1) is 20.3. The van der Waals surface area contributed by atoms with Crippen LogP contribution < -0.4 is 10.6 Å². The highest BCUT2D eigenvalue weighted by atomic mass is 35.5. The van der Waals surface area contributed by atoms with E-state index in [2.05, 4.69) is 39.2 Å². The maximum Gasteiger partial charge on any atom is 0.224 e. The Bertz CT molecular complexity index is 488. The highest BCUT2D eigenvalue weighted by Gasteiger charge is 2.21. The van der Waals surface area contributed by atoms with Gasteiger partial charge in [-0.3, -0.25) is 4.79 Å². The fourth-order valence-electron chi connectivity index (χ4n) is 2.68. The minimum Gasteiger partial charge on any atom is -0.356 e. The van der Waals surface area contributed by atoms with Crippen LogP contribution in [0.25, 0.3) is 0 Å². The van der Waals surface area contributed by atoms with Crippen molar-refractivity contribution in [3.63, 3.8) is 0 Å². The van der Waals surface area contributed by atoms with Crippen LogP contribution in [0.4, 0.5) is 0 Å². The molecular weight excluding hydrogens is 334 g/mol. The number of hydrogen-bond donors (Lipinski definition) is 2. The zero-order chi connectivity index (χ0) is 15.9. The van der Waals surface area contributed by atoms with Gasteiger partial charge in [0.25, 0.3) is 0 Å². The molecule has 23 heavy (non-hydrogen) atoms. The Labute approximate surface area is 149 Å². The second-order valence-corrected chi connectivity index (χ2v) is 6.97. The van der Waals surface area contributed by atoms with Gasteiger partial charge >= 0.3 is 0 Å². The molecule has 132 valence electrons. The van der Waals surface area contributed by atoms with Gasteiger partial charge in [-0.1, -0.05) is 25.6 Å². The molecule has 1 unspecified atom stereocenters. The summed E-state index contributed by atoms with van der Waals surface area (Å²) in [4.78, 5) is 11.9. The molecule has 1 aliphatic heterocycles. The van der Waals surface area contributed by atoms with Crippen LogP contribution in [0.5, 0.6) is 0 Å². The average Bonchev–Trinajstić information content (AvgIpc) is 3.13. The normalized spacial score (nSPS) is 17.3. The van der Waals surface area contributed by atoms with Crippen molar-refractivity contribution in [3.05, 3.63) is 5.82 Å². The molecule has 1 aliphatic rings. The number of amides is 1. The Morgan fingerprint density at radius 3 is 2.87 bits per heavy atom. The van der Waals surface area contributed by atoms with Crippen LogP contribution >= 0.6 is 24.2 Å². The number of nitrogens with zero attached hydrogens (tertiary/aromatic N) is 3. The van der Waals surface area contributed by atoms with E-state index in [0.29, 0.717) is 12.5 Å². The van der Waals surface area contributed by atoms with Gasteiger partial charge in [-0.25, -0.2) is 0 Å². The van der Waals surface area contributed by atoms with Gasteiger partial charge in [-0.2, -0.15) is 0 Å². The second-order valence-electron chi connectivity index (χ2n) is 6.19. The van der Waals surface area contributed by atoms with E-state index in [-0.39, 0.29) is 24.2 Å². The fraction of sp³-hybridized carbons (Fsp3) is 0.800. The second kappa shape index (κ2) is 10.2. The summed E-state index contributed by atoms with van der Waals surface area (Å²) in [5.74, 6) is 1.91. The van der Waals surface area contributed by atoms with Gasteiger partial charge < -0.3 is 15.2 Å². The Hall–Kier alpha value is -0.790. The van der Waals surface area contributed by atoms with Gasteiger partial charge in [0.15, 0.2) is 5.16 Å². The summed E-state index contributed by atoms with van der Waals surface area (Å²) in [6.07, 6.45) is 4.73. The van der Waals surface area contributed by atoms with Crippen molar-refractivity contribution in [1.82, 2.24) is 25.4 Å². The summed E-state index contributed by atoms with van der Waals surface area (Å²) in [7, 11) is 0. The first-order valence-electron chi connectivity index (χ1n) is 8.06. The van der Waals surface area contributed by atoms with Crippen LogP contribution in [0.1, 0.15) is 32.5 Å². The molecule has 1 fully saturated rings. The van der Waals surface area contributed by atoms with E-state index in [1.54, 1.807) is 11.8 Å². The van der Waals surface area contributed by atoms with Crippen LogP contribution in [0.2, 0.25) is 0 Å². The van der Waals surface area contributed by atoms with Gasteiger partial charge in [0.1, 0.15) is 5.82 Å². The van der Waals surface area contributed by atoms with Gasteiger partial charge in [-0.05, 0) is 31.6 Å². The third kappa shape index (κ3) is 5.97. The number of nitrogens with one attached hydrogen (secondary N) is 2. The van der Waals surface area contributed by atoms with E-state index in [1.807, 2.05) is 6.26 Å². The molecule has 8 heteroatoms. The standard InChI is InChI=1S/C15H27N5OS.ClH/c1-11(2)10-20-13(18-19-15(20)22-3)5-4-7-17-14(21)12-6-8-16-9-12;/h11-12,16H,4-10H2,1-3H3,(H,17,21);1H. The van der Waals surface area contributed by atoms with E-state index in [1.165, 1.54) is 0 Å². The molecule has 0 spiro atoms. The predicted molar refractivity (Wildman–Crippen MR) is 96.2 cm³/mol. The lowest BCUT2D eigenvalue weighted by atomic mass is 10.1. The number of carbonyl (C=O) groups excluding carboxylic acids is 1. The first-order chi connectivity index (χ1) is 10.6. The molecule has 6 nitrogen and oxygen atoms in total. The topological polar surface area (TPSA) is 71.8 Å². The Kier molecular flexibility index (Phi) is 8.94. The van der Waals surface area contributed by atoms with Crippen molar-refractivity contribution in [3.8, 4) is 0 Å². The number of carbonyl (C=O) groups is 1. The summed E-state index contributed by atoms with van der Waals surface area (Å²) in [6.45, 7) is 7.81. The minimum atomic E-state index is 0. The van der Waals surface area contributed by atoms with Crippen molar-refractivity contribution in [2.45, 2.75) is 44.8 Å². The molecule has 0 aliphatic carbocycles. The first-order valence-corrected chi connectivity index (χ1v) is 9.28. The molecule has 1 amide bonds. The molecule has 2 heterocycles. The number of thioether (sulfide) groups is 1. The van der Waals surface area contributed by atoms with E-state index in [9.17, 15) is 4.79 Å². The fourth-order valence-corrected chi connectivity index (χ4v) is 3.21. The van der Waals surface area contributed by atoms with E-state index in [4.69, 9.17) is 0 Å². The summed E-state index contributed by atoms with van der Waals surface area (Å²) in [5, 5.41) is 15.8. The third-order valence-corrected chi connectivity index (χ3v) is 4.50. The van der Waals surface area contributed by atoms with Gasteiger partial charge in [0, 0.05) is 26.1 Å². The number of halogens is 1. The Morgan fingerprint density at radius 1 is 1.48 bits per heavy atom. The van der Waals surface area contributed by atoms with Crippen LogP contribution in [0.3, 0.4) is 0 Å². The van der Waals surface area contributed by atoms with Crippen LogP contribution in [0, 0.1) is 11.8 Å². The number of hydrogen-bond acceptors (Lipinski definition) is 5. The van der Waals surface area contributed by atoms with E-state index >= 15 is 0 Å². The molecular formula is C15H28ClN5OS. The molecule has 1 aromatic rings. The van der Waals surface area contributed by atoms with Gasteiger partial charge in [0.05, 0.1) is 5.92 Å². The molecule has 0 saturated carbocycles. The minimum absolute atomic E-state index is 0. The zero-order valence-electron chi connectivity index (χ0n) is 14.2. The van der Waals surface area contributed by atoms with Gasteiger partial charge in [0.2, 0.25) is 5.91 Å². The molecule has 1 atom stereocenters. The van der Waals surface area contributed by atoms with Crippen molar-refractivity contribution < 1.29 is 4.79 Å². The lowest BCUT2D eigenvalue weighted by Crippen LogP contribution is -2.32. The lowest BCUT2D eigenvalue weighted by molar-refractivity contribution is -0.124. The Balaban J connectivity index is 0.00000264. The molecule has 1 saturated heterocycles. The summed E-state index contributed by atoms with van der Waals surface area (Å²) in [6, 6.07) is 0. The van der Waals surface area contributed by atoms with Crippen LogP contribution in [-0.4, -0.2) is 46.6 Å². The van der Waals surface area contributed by atoms with Crippen LogP contribution in [-0.2, 0) is 17.8 Å². The van der Waals surface area contributed by atoms with E-state index in [0.717, 1.165) is 49.9 Å². The third-order valence-electron chi connectivity index (χ3n) is 3.83. The van der Waals surface area contributed by atoms with Crippen molar-refractivity contribution >= 4 is 30.1 Å². The number of aryl methyl sites for hydroxylation is 1. The van der Waals surface area contributed by atoms with Crippen molar-refractivity contribution in [2.24, 2.45) is 11.8 Å². The Morgan fingerprint density at radius 2 is 2.26 bits per heavy atom. The summed E-state index contributed by atoms with van der Waals surface area (Å²) >= 11 is 1.63. The highest BCUT2D eigenvalue weighted by molar-refractivity contribution is 7.98. The van der Waals surface area contributed by atoms with Gasteiger partial charge in [-0.15, -0.1) is 22.6 Å². The quantitative estimate of drug-likeness (QED) is 0.545. The highest BCUT2D eigenvalue weighted by Crippen LogP contribution is 2.16. The molecule has 2 rings (SSSR count). The van der Waals surface area contributed by atoms with Crippen LogP contribution in [0.15, 0.2) is 5.16 Å². The zero-order valence-corrected chi connectivity index (χ0v) is 15.8. The molecule has 0 bridgehead atoms. The molecule has 0 aromatic carbocycles. The number of rotatable bonds is 8. The number of aromatic nitrogens is 3. The predicted octanol–water partition coefficient (Wildman–Crippen LogP) is 1.74. The monoisotopic (exact) mass is 361 g/mol. The van der Waals surface area contributed by atoms with Crippen molar-refractivity contribution in [2.75, 3.05) is 25.9 Å². The molecule has 0 radical (unpaired) electrons. The SMILES string of the molecule is CSc1nnc(CCCNC(=O)C2CCNC2)n1CC(C)C.Cl. The molecule has 1 aromatic heterocycles. The van der Waals surface area contributed by atoms with Crippen molar-refractivity contribution in [1.29, 1.82) is 0 Å². The maximum absolute atomic E-state index is 11.9. The molecule has 2 N–H and O–H groups in total. The maximum atomic E-state index is 11.9. The largest absolute Gasteiger partial charge is 0.356 e. The smallest absolute Gasteiger partial charge is 0.224 e. The van der Waals surface area contributed by atoms with E-state index < -0.39 is 0 Å². The average molecular weight is 362 g/mol. The summed E-state index contributed by atoms with van der Waals surface area (Å²) in [5.41, 5.74) is 0. The lowest BCUT2D eigenvalue weighted by Gasteiger charge is -2.12. The summed E-state index contributed by atoms with van der Waals surface area (Å²) < 4.78 is 2.21.